The smallest absolute Gasteiger partial charge is 0.456 e. The maximum Gasteiger partial charge on any atom is 0.456 e. The molecule has 40 heavy (non-hydrogen) atoms. The molecule has 0 atom stereocenters. The normalized spacial score (nSPS) is 18.5. The monoisotopic (exact) mass is 577 g/mol. The number of ether oxygens (including phenoxy) is 2. The summed E-state index contributed by atoms with van der Waals surface area (Å²) in [7, 11) is 1.39. The van der Waals surface area contributed by atoms with Crippen molar-refractivity contribution in [1.82, 2.24) is 14.8 Å². The van der Waals surface area contributed by atoms with Crippen LogP contribution in [0.1, 0.15) is 66.6 Å². The number of likely N-dealkylation sites (tertiary alicyclic amines) is 1. The van der Waals surface area contributed by atoms with Crippen LogP contribution in [0.25, 0.3) is 0 Å². The van der Waals surface area contributed by atoms with E-state index < -0.39 is 47.9 Å². The number of aromatic nitrogens is 1. The molecule has 1 aromatic carbocycles. The van der Waals surface area contributed by atoms with Crippen LogP contribution in [0.3, 0.4) is 0 Å². The van der Waals surface area contributed by atoms with E-state index in [9.17, 15) is 35.9 Å². The first-order valence-corrected chi connectivity index (χ1v) is 12.8. The zero-order valence-electron chi connectivity index (χ0n) is 22.3. The van der Waals surface area contributed by atoms with Gasteiger partial charge in [0, 0.05) is 43.4 Å². The van der Waals surface area contributed by atoms with Gasteiger partial charge in [-0.25, -0.2) is 0 Å². The Morgan fingerprint density at radius 2 is 1.73 bits per heavy atom. The third-order valence-corrected chi connectivity index (χ3v) is 7.32. The Labute approximate surface area is 228 Å². The van der Waals surface area contributed by atoms with Crippen molar-refractivity contribution < 1.29 is 46.8 Å². The molecule has 1 amide bonds. The number of carbonyl (C=O) groups excluding carboxylic acids is 2. The average Bonchev–Trinajstić information content (AvgIpc) is 3.28. The molecule has 0 radical (unpaired) electrons. The molecule has 0 unspecified atom stereocenters. The van der Waals surface area contributed by atoms with E-state index in [1.54, 1.807) is 23.1 Å². The third kappa shape index (κ3) is 6.30. The quantitative estimate of drug-likeness (QED) is 0.269. The molecule has 0 saturated carbocycles. The molecule has 0 aliphatic carbocycles. The van der Waals surface area contributed by atoms with Crippen LogP contribution in [0.5, 0.6) is 5.75 Å². The molecule has 0 bridgehead atoms. The number of alkyl halides is 6. The summed E-state index contributed by atoms with van der Waals surface area (Å²) in [5.74, 6) is -1.86. The zero-order valence-corrected chi connectivity index (χ0v) is 22.3. The van der Waals surface area contributed by atoms with E-state index >= 15 is 0 Å². The number of benzene rings is 1. The lowest BCUT2D eigenvalue weighted by Gasteiger charge is -2.51. The second kappa shape index (κ2) is 10.7. The molecule has 2 aliphatic rings. The Bertz CT molecular complexity index is 1270. The number of piperidine rings is 1. The van der Waals surface area contributed by atoms with Crippen LogP contribution in [-0.2, 0) is 23.4 Å². The second-order valence-electron chi connectivity index (χ2n) is 10.8. The number of nitrogens with one attached hydrogen (secondary N) is 1. The molecular weight excluding hydrogens is 544 g/mol. The van der Waals surface area contributed by atoms with Gasteiger partial charge in [-0.15, -0.1) is 0 Å². The molecular formula is C27H33F6N3O4. The first-order valence-electron chi connectivity index (χ1n) is 12.8. The molecule has 3 heterocycles. The van der Waals surface area contributed by atoms with Gasteiger partial charge in [0.15, 0.2) is 0 Å². The average molecular weight is 578 g/mol. The highest BCUT2D eigenvalue weighted by atomic mass is 19.4. The minimum Gasteiger partial charge on any atom is -0.496 e. The van der Waals surface area contributed by atoms with E-state index in [4.69, 9.17) is 9.47 Å². The largest absolute Gasteiger partial charge is 0.496 e. The van der Waals surface area contributed by atoms with Crippen LogP contribution in [0.2, 0.25) is 0 Å². The molecule has 1 fully saturated rings. The number of methoxy groups -OCH3 is 1. The minimum atomic E-state index is -4.99. The summed E-state index contributed by atoms with van der Waals surface area (Å²) in [6.45, 7) is 3.90. The van der Waals surface area contributed by atoms with E-state index in [0.29, 0.717) is 48.5 Å². The molecule has 13 heteroatoms. The number of amides is 1. The summed E-state index contributed by atoms with van der Waals surface area (Å²) >= 11 is 0. The highest BCUT2D eigenvalue weighted by Gasteiger charge is 2.49. The van der Waals surface area contributed by atoms with Gasteiger partial charge >= 0.3 is 12.4 Å². The van der Waals surface area contributed by atoms with Crippen LogP contribution in [0, 0.1) is 0 Å². The Morgan fingerprint density at radius 3 is 2.33 bits per heavy atom. The van der Waals surface area contributed by atoms with Crippen LogP contribution in [0.15, 0.2) is 30.3 Å². The zero-order chi connectivity index (χ0) is 29.5. The summed E-state index contributed by atoms with van der Waals surface area (Å²) in [5.41, 5.74) is -0.322. The van der Waals surface area contributed by atoms with Crippen LogP contribution < -0.4 is 10.1 Å². The van der Waals surface area contributed by atoms with E-state index in [0.717, 1.165) is 0 Å². The molecule has 2 aromatic rings. The molecule has 1 aromatic heterocycles. The topological polar surface area (TPSA) is 72.8 Å². The third-order valence-electron chi connectivity index (χ3n) is 7.32. The summed E-state index contributed by atoms with van der Waals surface area (Å²) in [6, 6.07) is 7.41. The van der Waals surface area contributed by atoms with E-state index in [2.05, 4.69) is 5.32 Å². The fourth-order valence-corrected chi connectivity index (χ4v) is 5.57. The van der Waals surface area contributed by atoms with Gasteiger partial charge in [-0.2, -0.15) is 26.3 Å². The van der Waals surface area contributed by atoms with Crippen molar-refractivity contribution >= 4 is 11.7 Å². The second-order valence-corrected chi connectivity index (χ2v) is 10.8. The number of hydrogen-bond donors (Lipinski definition) is 1. The molecule has 4 rings (SSSR count). The highest BCUT2D eigenvalue weighted by Crippen LogP contribution is 2.41. The molecule has 2 aliphatic heterocycles. The predicted molar refractivity (Wildman–Crippen MR) is 134 cm³/mol. The van der Waals surface area contributed by atoms with Crippen LogP contribution in [0.4, 0.5) is 26.3 Å². The summed E-state index contributed by atoms with van der Waals surface area (Å²) in [5, 5.41) is 3.56. The van der Waals surface area contributed by atoms with Gasteiger partial charge in [-0.05, 0) is 51.0 Å². The molecule has 1 spiro atoms. The van der Waals surface area contributed by atoms with E-state index in [1.165, 1.54) is 23.8 Å². The predicted octanol–water partition coefficient (Wildman–Crippen LogP) is 5.47. The number of rotatable bonds is 7. The van der Waals surface area contributed by atoms with Crippen molar-refractivity contribution in [3.05, 3.63) is 52.8 Å². The van der Waals surface area contributed by atoms with Crippen molar-refractivity contribution in [3.8, 4) is 5.75 Å². The lowest BCUT2D eigenvalue weighted by Crippen LogP contribution is -2.63. The fourth-order valence-electron chi connectivity index (χ4n) is 5.57. The Morgan fingerprint density at radius 1 is 1.05 bits per heavy atom. The first-order chi connectivity index (χ1) is 18.6. The fraction of sp³-hybridized carbons (Fsp3) is 0.556. The molecule has 1 saturated heterocycles. The van der Waals surface area contributed by atoms with Crippen molar-refractivity contribution in [2.75, 3.05) is 26.8 Å². The maximum absolute atomic E-state index is 13.3. The van der Waals surface area contributed by atoms with Gasteiger partial charge in [-0.1, -0.05) is 6.07 Å². The Balaban J connectivity index is 0.00000462. The van der Waals surface area contributed by atoms with Crippen molar-refractivity contribution in [2.45, 2.75) is 69.7 Å². The lowest BCUT2D eigenvalue weighted by molar-refractivity contribution is -0.146. The van der Waals surface area contributed by atoms with Crippen molar-refractivity contribution in [2.24, 2.45) is 0 Å². The van der Waals surface area contributed by atoms with Gasteiger partial charge < -0.3 is 18.9 Å². The molecule has 1 N–H and O–H groups in total. The van der Waals surface area contributed by atoms with Gasteiger partial charge in [-0.3, -0.25) is 14.9 Å². The molecule has 222 valence electrons. The highest BCUT2D eigenvalue weighted by molar-refractivity contribution is 5.99. The number of ketones is 1. The lowest BCUT2D eigenvalue weighted by atomic mass is 9.79. The summed E-state index contributed by atoms with van der Waals surface area (Å²) in [4.78, 5) is 27.0. The van der Waals surface area contributed by atoms with Crippen molar-refractivity contribution in [3.63, 3.8) is 0 Å². The molecule has 7 nitrogen and oxygen atoms in total. The standard InChI is InChI=1S/C27H31F6N3O4.H2/c1-24(2)16-36-19(22(37)27(31,32)33)6-7-21(36)25(34-24)8-11-35(12-9-25)23(38)17-4-5-18(20(14-17)39-3)15-40-13-10-26(28,29)30;/h4-7,14,34H,8-13,15-16H2,1-3H3;1H. The van der Waals surface area contributed by atoms with Gasteiger partial charge in [0.2, 0.25) is 0 Å². The Hall–Kier alpha value is -3.06. The van der Waals surface area contributed by atoms with Gasteiger partial charge in [0.05, 0.1) is 38.0 Å². The summed E-state index contributed by atoms with van der Waals surface area (Å²) in [6.07, 6.45) is -9.55. The van der Waals surface area contributed by atoms with Gasteiger partial charge in [0.25, 0.3) is 11.7 Å². The minimum absolute atomic E-state index is 0. The number of fused-ring (bicyclic) bond motifs is 2. The maximum atomic E-state index is 13.3. The van der Waals surface area contributed by atoms with E-state index in [-0.39, 0.29) is 20.5 Å². The first kappa shape index (κ1) is 29.9. The Kier molecular flexibility index (Phi) is 8.03. The number of Topliss-reactive ketones (excluding diaryl/α,β-unsaturated/α-hetero) is 1. The van der Waals surface area contributed by atoms with Crippen LogP contribution in [-0.4, -0.2) is 65.9 Å². The summed E-state index contributed by atoms with van der Waals surface area (Å²) < 4.78 is 88.6. The van der Waals surface area contributed by atoms with Crippen molar-refractivity contribution in [1.29, 1.82) is 0 Å². The van der Waals surface area contributed by atoms with Gasteiger partial charge in [0.1, 0.15) is 5.75 Å². The number of halogens is 6. The SMILES string of the molecule is COc1cc(C(=O)N2CCC3(CC2)NC(C)(C)Cn2c(C(=O)C(F)(F)F)ccc23)ccc1COCCC(F)(F)F.[HH]. The van der Waals surface area contributed by atoms with Crippen LogP contribution >= 0.6 is 0 Å². The number of nitrogens with zero attached hydrogens (tertiary/aromatic N) is 2. The van der Waals surface area contributed by atoms with E-state index in [1.807, 2.05) is 13.8 Å². The number of hydrogen-bond acceptors (Lipinski definition) is 5. The number of carbonyl (C=O) groups is 2.